The molecule has 0 radical (unpaired) electrons. The van der Waals surface area contributed by atoms with Crippen LogP contribution in [0.4, 0.5) is 21.5 Å². The molecule has 0 saturated carbocycles. The van der Waals surface area contributed by atoms with Crippen molar-refractivity contribution in [1.82, 2.24) is 0 Å². The average Bonchev–Trinajstić information content (AvgIpc) is 2.57. The fraction of sp³-hybridized carbons (Fsp3) is 0. The molecule has 2 aromatic carbocycles. The second-order valence-corrected chi connectivity index (χ2v) is 5.17. The van der Waals surface area contributed by atoms with E-state index in [0.717, 1.165) is 18.2 Å². The Labute approximate surface area is 146 Å². The molecule has 2 aromatic rings. The number of nitro groups is 1. The molecule has 2 rings (SSSR count). The van der Waals surface area contributed by atoms with Crippen LogP contribution in [0.25, 0.3) is 0 Å². The van der Waals surface area contributed by atoms with Crippen LogP contribution in [0.1, 0.15) is 10.4 Å². The van der Waals surface area contributed by atoms with E-state index in [1.807, 2.05) is 0 Å². The lowest BCUT2D eigenvalue weighted by Gasteiger charge is -2.08. The summed E-state index contributed by atoms with van der Waals surface area (Å²) < 4.78 is 13.1. The van der Waals surface area contributed by atoms with E-state index in [1.165, 1.54) is 24.3 Å². The Bertz CT molecular complexity index is 886. The second-order valence-electron chi connectivity index (χ2n) is 4.77. The van der Waals surface area contributed by atoms with Gasteiger partial charge in [-0.25, -0.2) is 4.39 Å². The van der Waals surface area contributed by atoms with Crippen LogP contribution >= 0.6 is 11.6 Å². The predicted molar refractivity (Wildman–Crippen MR) is 91.3 cm³/mol. The SMILES string of the molecule is C=CC(=O)Nc1ccc(C(=O)Nc2ccc(F)c(Cl)c2)c([N+](=O)[O-])c1. The van der Waals surface area contributed by atoms with Crippen molar-refractivity contribution in [3.05, 3.63) is 75.6 Å². The molecule has 0 fully saturated rings. The van der Waals surface area contributed by atoms with Gasteiger partial charge in [0.15, 0.2) is 0 Å². The minimum Gasteiger partial charge on any atom is -0.322 e. The number of nitrogens with zero attached hydrogens (tertiary/aromatic N) is 1. The van der Waals surface area contributed by atoms with Gasteiger partial charge in [0, 0.05) is 17.4 Å². The first-order chi connectivity index (χ1) is 11.8. The van der Waals surface area contributed by atoms with Crippen LogP contribution in [0.2, 0.25) is 5.02 Å². The Kier molecular flexibility index (Phi) is 5.45. The third kappa shape index (κ3) is 4.39. The number of anilines is 2. The lowest BCUT2D eigenvalue weighted by molar-refractivity contribution is -0.385. The molecule has 0 heterocycles. The lowest BCUT2D eigenvalue weighted by Crippen LogP contribution is -2.15. The highest BCUT2D eigenvalue weighted by Gasteiger charge is 2.21. The number of carbonyl (C=O) groups excluding carboxylic acids is 2. The number of benzene rings is 2. The van der Waals surface area contributed by atoms with Gasteiger partial charge in [-0.2, -0.15) is 0 Å². The van der Waals surface area contributed by atoms with E-state index in [9.17, 15) is 24.1 Å². The molecule has 0 aliphatic rings. The number of hydrogen-bond acceptors (Lipinski definition) is 4. The van der Waals surface area contributed by atoms with Gasteiger partial charge < -0.3 is 10.6 Å². The Morgan fingerprint density at radius 2 is 1.80 bits per heavy atom. The molecule has 25 heavy (non-hydrogen) atoms. The summed E-state index contributed by atoms with van der Waals surface area (Å²) in [5.41, 5.74) is -0.428. The Morgan fingerprint density at radius 3 is 2.40 bits per heavy atom. The number of carbonyl (C=O) groups is 2. The summed E-state index contributed by atoms with van der Waals surface area (Å²) in [5, 5.41) is 15.8. The van der Waals surface area contributed by atoms with Gasteiger partial charge in [0.05, 0.1) is 9.95 Å². The molecule has 0 aliphatic carbocycles. The third-order valence-electron chi connectivity index (χ3n) is 3.07. The zero-order chi connectivity index (χ0) is 18.6. The van der Waals surface area contributed by atoms with E-state index < -0.39 is 28.2 Å². The molecular weight excluding hydrogens is 353 g/mol. The van der Waals surface area contributed by atoms with Crippen molar-refractivity contribution in [2.75, 3.05) is 10.6 Å². The number of rotatable bonds is 5. The van der Waals surface area contributed by atoms with E-state index in [-0.39, 0.29) is 22.0 Å². The molecule has 9 heteroatoms. The van der Waals surface area contributed by atoms with Crippen LogP contribution in [0.5, 0.6) is 0 Å². The van der Waals surface area contributed by atoms with Crippen LogP contribution in [0.15, 0.2) is 49.1 Å². The van der Waals surface area contributed by atoms with Gasteiger partial charge in [-0.15, -0.1) is 0 Å². The average molecular weight is 364 g/mol. The number of hydrogen-bond donors (Lipinski definition) is 2. The summed E-state index contributed by atoms with van der Waals surface area (Å²) in [4.78, 5) is 34.0. The maximum absolute atomic E-state index is 13.1. The summed E-state index contributed by atoms with van der Waals surface area (Å²) in [6.45, 7) is 3.27. The molecule has 0 saturated heterocycles. The van der Waals surface area contributed by atoms with Crippen LogP contribution in [-0.2, 0) is 4.79 Å². The molecule has 0 bridgehead atoms. The van der Waals surface area contributed by atoms with Crippen molar-refractivity contribution in [3.63, 3.8) is 0 Å². The molecule has 0 spiro atoms. The van der Waals surface area contributed by atoms with E-state index in [1.54, 1.807) is 0 Å². The first-order valence-corrected chi connectivity index (χ1v) is 7.18. The number of halogens is 2. The first-order valence-electron chi connectivity index (χ1n) is 6.80. The summed E-state index contributed by atoms with van der Waals surface area (Å²) in [6.07, 6.45) is 1.00. The fourth-order valence-corrected chi connectivity index (χ4v) is 2.10. The fourth-order valence-electron chi connectivity index (χ4n) is 1.92. The largest absolute Gasteiger partial charge is 0.322 e. The number of nitrogens with one attached hydrogen (secondary N) is 2. The highest BCUT2D eigenvalue weighted by molar-refractivity contribution is 6.31. The van der Waals surface area contributed by atoms with Crippen molar-refractivity contribution < 1.29 is 18.9 Å². The van der Waals surface area contributed by atoms with Crippen molar-refractivity contribution in [3.8, 4) is 0 Å². The molecule has 2 amide bonds. The third-order valence-corrected chi connectivity index (χ3v) is 3.36. The maximum atomic E-state index is 13.1. The van der Waals surface area contributed by atoms with Crippen molar-refractivity contribution in [2.24, 2.45) is 0 Å². The summed E-state index contributed by atoms with van der Waals surface area (Å²) >= 11 is 5.63. The Balaban J connectivity index is 2.31. The minimum absolute atomic E-state index is 0.137. The molecule has 7 nitrogen and oxygen atoms in total. The van der Waals surface area contributed by atoms with Crippen molar-refractivity contribution in [1.29, 1.82) is 0 Å². The van der Waals surface area contributed by atoms with Gasteiger partial charge in [0.1, 0.15) is 11.4 Å². The zero-order valence-electron chi connectivity index (χ0n) is 12.6. The minimum atomic E-state index is -0.782. The molecule has 0 unspecified atom stereocenters. The normalized spacial score (nSPS) is 10.0. The van der Waals surface area contributed by atoms with E-state index in [0.29, 0.717) is 0 Å². The molecule has 0 atom stereocenters. The van der Waals surface area contributed by atoms with Gasteiger partial charge in [-0.3, -0.25) is 19.7 Å². The van der Waals surface area contributed by atoms with E-state index >= 15 is 0 Å². The van der Waals surface area contributed by atoms with Gasteiger partial charge in [-0.05, 0) is 36.4 Å². The number of nitro benzene ring substituents is 1. The van der Waals surface area contributed by atoms with Gasteiger partial charge in [0.2, 0.25) is 5.91 Å². The van der Waals surface area contributed by atoms with Crippen LogP contribution in [0.3, 0.4) is 0 Å². The van der Waals surface area contributed by atoms with Crippen LogP contribution in [0, 0.1) is 15.9 Å². The molecule has 0 aromatic heterocycles. The smallest absolute Gasteiger partial charge is 0.284 e. The van der Waals surface area contributed by atoms with Gasteiger partial charge >= 0.3 is 0 Å². The Morgan fingerprint density at radius 1 is 1.16 bits per heavy atom. The predicted octanol–water partition coefficient (Wildman–Crippen LogP) is 3.76. The van der Waals surface area contributed by atoms with E-state index in [2.05, 4.69) is 17.2 Å². The highest BCUT2D eigenvalue weighted by Crippen LogP contribution is 2.25. The summed E-state index contributed by atoms with van der Waals surface area (Å²) in [5.74, 6) is -1.99. The molecule has 2 N–H and O–H groups in total. The summed E-state index contributed by atoms with van der Waals surface area (Å²) in [6, 6.07) is 7.08. The maximum Gasteiger partial charge on any atom is 0.284 e. The van der Waals surface area contributed by atoms with Gasteiger partial charge in [0.25, 0.3) is 11.6 Å². The number of amides is 2. The lowest BCUT2D eigenvalue weighted by atomic mass is 10.1. The molecule has 128 valence electrons. The summed E-state index contributed by atoms with van der Waals surface area (Å²) in [7, 11) is 0. The van der Waals surface area contributed by atoms with Crippen LogP contribution < -0.4 is 10.6 Å². The monoisotopic (exact) mass is 363 g/mol. The van der Waals surface area contributed by atoms with Crippen molar-refractivity contribution >= 4 is 40.5 Å². The molecular formula is C16H11ClFN3O4. The Hall–Kier alpha value is -3.26. The highest BCUT2D eigenvalue weighted by atomic mass is 35.5. The topological polar surface area (TPSA) is 101 Å². The van der Waals surface area contributed by atoms with Gasteiger partial charge in [-0.1, -0.05) is 18.2 Å². The molecule has 0 aliphatic heterocycles. The standard InChI is InChI=1S/C16H11ClFN3O4/c1-2-15(22)19-10-3-5-11(14(8-10)21(24)25)16(23)20-9-4-6-13(18)12(17)7-9/h2-8H,1H2,(H,19,22)(H,20,23). The quantitative estimate of drug-likeness (QED) is 0.479. The second kappa shape index (κ2) is 7.54. The van der Waals surface area contributed by atoms with E-state index in [4.69, 9.17) is 11.6 Å². The van der Waals surface area contributed by atoms with Crippen LogP contribution in [-0.4, -0.2) is 16.7 Å². The first kappa shape index (κ1) is 18.1. The van der Waals surface area contributed by atoms with Crippen molar-refractivity contribution in [2.45, 2.75) is 0 Å². The zero-order valence-corrected chi connectivity index (χ0v) is 13.3.